The average molecular weight is 683 g/mol. The third-order valence-electron chi connectivity index (χ3n) is 5.89. The molecule has 11 heteroatoms. The molecule has 1 aliphatic rings. The Hall–Kier alpha value is -2.85. The van der Waals surface area contributed by atoms with Crippen LogP contribution < -0.4 is 19.7 Å². The largest absolute Gasteiger partial charge is 0.493 e. The summed E-state index contributed by atoms with van der Waals surface area (Å²) in [6, 6.07) is 11.1. The molecule has 0 bridgehead atoms. The van der Waals surface area contributed by atoms with E-state index in [1.807, 2.05) is 13.8 Å². The van der Waals surface area contributed by atoms with Gasteiger partial charge in [-0.2, -0.15) is 0 Å². The SMILES string of the molecule is COc1cc(/C=C2\C(=O)NC(=O)N(c3ccc(C)c(C)c3)C2=O)c(Br)c(Br)c1OCc1ccc(Cl)c(Cl)c1. The number of hydrogen-bond donors (Lipinski definition) is 1. The lowest BCUT2D eigenvalue weighted by Crippen LogP contribution is -2.54. The van der Waals surface area contributed by atoms with Gasteiger partial charge in [-0.1, -0.05) is 35.3 Å². The van der Waals surface area contributed by atoms with Crippen LogP contribution in [0.2, 0.25) is 10.0 Å². The summed E-state index contributed by atoms with van der Waals surface area (Å²) in [5.74, 6) is -0.817. The lowest BCUT2D eigenvalue weighted by atomic mass is 10.0. The molecule has 196 valence electrons. The second kappa shape index (κ2) is 11.5. The van der Waals surface area contributed by atoms with Crippen LogP contribution in [0.4, 0.5) is 10.5 Å². The number of nitrogens with zero attached hydrogens (tertiary/aromatic N) is 1. The lowest BCUT2D eigenvalue weighted by Gasteiger charge is -2.27. The maximum absolute atomic E-state index is 13.3. The number of hydrogen-bond acceptors (Lipinski definition) is 5. The minimum Gasteiger partial charge on any atom is -0.493 e. The van der Waals surface area contributed by atoms with Gasteiger partial charge in [0.15, 0.2) is 11.5 Å². The lowest BCUT2D eigenvalue weighted by molar-refractivity contribution is -0.122. The maximum Gasteiger partial charge on any atom is 0.335 e. The Morgan fingerprint density at radius 2 is 1.68 bits per heavy atom. The van der Waals surface area contributed by atoms with Crippen LogP contribution in [-0.2, 0) is 16.2 Å². The van der Waals surface area contributed by atoms with E-state index >= 15 is 0 Å². The van der Waals surface area contributed by atoms with E-state index in [0.29, 0.717) is 41.7 Å². The number of carbonyl (C=O) groups is 3. The fourth-order valence-corrected chi connectivity index (χ4v) is 4.96. The van der Waals surface area contributed by atoms with E-state index in [0.717, 1.165) is 21.6 Å². The van der Waals surface area contributed by atoms with Gasteiger partial charge < -0.3 is 9.47 Å². The molecule has 0 spiro atoms. The van der Waals surface area contributed by atoms with Gasteiger partial charge in [-0.15, -0.1) is 0 Å². The Bertz CT molecular complexity index is 1520. The van der Waals surface area contributed by atoms with Gasteiger partial charge in [0.05, 0.1) is 27.3 Å². The van der Waals surface area contributed by atoms with Gasteiger partial charge in [0.2, 0.25) is 0 Å². The first-order valence-corrected chi connectivity index (χ1v) is 13.5. The summed E-state index contributed by atoms with van der Waals surface area (Å²) >= 11 is 19.1. The summed E-state index contributed by atoms with van der Waals surface area (Å²) in [7, 11) is 1.47. The van der Waals surface area contributed by atoms with Crippen molar-refractivity contribution in [1.29, 1.82) is 0 Å². The minimum atomic E-state index is -0.815. The van der Waals surface area contributed by atoms with Gasteiger partial charge in [-0.25, -0.2) is 9.69 Å². The van der Waals surface area contributed by atoms with Gasteiger partial charge >= 0.3 is 6.03 Å². The normalized spacial score (nSPS) is 14.7. The van der Waals surface area contributed by atoms with Crippen LogP contribution >= 0.6 is 55.1 Å². The third kappa shape index (κ3) is 5.61. The van der Waals surface area contributed by atoms with E-state index in [1.165, 1.54) is 13.2 Å². The van der Waals surface area contributed by atoms with Crippen LogP contribution in [0.3, 0.4) is 0 Å². The van der Waals surface area contributed by atoms with Crippen LogP contribution in [0, 0.1) is 13.8 Å². The molecule has 1 heterocycles. The topological polar surface area (TPSA) is 84.9 Å². The highest BCUT2D eigenvalue weighted by atomic mass is 79.9. The molecule has 0 unspecified atom stereocenters. The predicted octanol–water partition coefficient (Wildman–Crippen LogP) is 7.39. The molecule has 1 aliphatic heterocycles. The predicted molar refractivity (Wildman–Crippen MR) is 154 cm³/mol. The van der Waals surface area contributed by atoms with Crippen molar-refractivity contribution in [3.8, 4) is 11.5 Å². The fraction of sp³-hybridized carbons (Fsp3) is 0.148. The number of benzene rings is 3. The highest BCUT2D eigenvalue weighted by Gasteiger charge is 2.37. The molecule has 7 nitrogen and oxygen atoms in total. The van der Waals surface area contributed by atoms with Gasteiger partial charge in [-0.3, -0.25) is 14.9 Å². The molecule has 4 amide bonds. The van der Waals surface area contributed by atoms with Crippen molar-refractivity contribution >= 4 is 84.7 Å². The number of halogens is 4. The Morgan fingerprint density at radius 3 is 2.34 bits per heavy atom. The number of carbonyl (C=O) groups excluding carboxylic acids is 3. The van der Waals surface area contributed by atoms with E-state index in [9.17, 15) is 14.4 Å². The Labute approximate surface area is 245 Å². The Balaban J connectivity index is 1.69. The Kier molecular flexibility index (Phi) is 8.52. The van der Waals surface area contributed by atoms with Crippen LogP contribution in [-0.4, -0.2) is 25.0 Å². The van der Waals surface area contributed by atoms with Gasteiger partial charge in [0, 0.05) is 4.47 Å². The van der Waals surface area contributed by atoms with E-state index in [4.69, 9.17) is 32.7 Å². The van der Waals surface area contributed by atoms with Crippen molar-refractivity contribution in [1.82, 2.24) is 5.32 Å². The molecule has 0 aromatic heterocycles. The quantitative estimate of drug-likeness (QED) is 0.217. The van der Waals surface area contributed by atoms with Crippen molar-refractivity contribution in [3.05, 3.63) is 89.3 Å². The molecule has 3 aromatic rings. The first-order valence-electron chi connectivity index (χ1n) is 11.1. The van der Waals surface area contributed by atoms with Gasteiger partial charge in [-0.05, 0) is 104 Å². The zero-order chi connectivity index (χ0) is 27.7. The van der Waals surface area contributed by atoms with Gasteiger partial charge in [0.25, 0.3) is 11.8 Å². The zero-order valence-electron chi connectivity index (χ0n) is 20.3. The number of anilines is 1. The molecule has 0 radical (unpaired) electrons. The summed E-state index contributed by atoms with van der Waals surface area (Å²) in [5.41, 5.74) is 3.28. The van der Waals surface area contributed by atoms with Crippen molar-refractivity contribution in [2.45, 2.75) is 20.5 Å². The second-order valence-corrected chi connectivity index (χ2v) is 10.8. The van der Waals surface area contributed by atoms with Gasteiger partial charge in [0.1, 0.15) is 12.2 Å². The standard InChI is InChI=1S/C27H20Br2Cl2N2O5/c1-13-4-6-17(8-14(13)2)33-26(35)18(25(34)32-27(33)36)10-16-11-21(37-3)24(23(29)22(16)28)38-12-15-5-7-19(30)20(31)9-15/h4-11H,12H2,1-3H3,(H,32,34,36)/b18-10+. The molecular formula is C27H20Br2Cl2N2O5. The molecule has 1 fully saturated rings. The summed E-state index contributed by atoms with van der Waals surface area (Å²) in [6.45, 7) is 3.97. The minimum absolute atomic E-state index is 0.173. The number of aryl methyl sites for hydroxylation is 2. The number of urea groups is 1. The van der Waals surface area contributed by atoms with Crippen molar-refractivity contribution in [3.63, 3.8) is 0 Å². The number of nitrogens with one attached hydrogen (secondary N) is 1. The summed E-state index contributed by atoms with van der Waals surface area (Å²) in [5, 5.41) is 3.09. The molecule has 1 saturated heterocycles. The molecule has 0 atom stereocenters. The molecule has 3 aromatic carbocycles. The fourth-order valence-electron chi connectivity index (χ4n) is 3.69. The summed E-state index contributed by atoms with van der Waals surface area (Å²) in [6.07, 6.45) is 1.39. The van der Waals surface area contributed by atoms with E-state index in [1.54, 1.807) is 42.5 Å². The highest BCUT2D eigenvalue weighted by Crippen LogP contribution is 2.44. The maximum atomic E-state index is 13.3. The van der Waals surface area contributed by atoms with Crippen LogP contribution in [0.1, 0.15) is 22.3 Å². The van der Waals surface area contributed by atoms with Crippen LogP contribution in [0.25, 0.3) is 6.08 Å². The summed E-state index contributed by atoms with van der Waals surface area (Å²) in [4.78, 5) is 39.6. The zero-order valence-corrected chi connectivity index (χ0v) is 25.0. The second-order valence-electron chi connectivity index (χ2n) is 8.39. The smallest absolute Gasteiger partial charge is 0.335 e. The number of amides is 4. The molecule has 0 aliphatic carbocycles. The van der Waals surface area contributed by atoms with Crippen molar-refractivity contribution < 1.29 is 23.9 Å². The third-order valence-corrected chi connectivity index (χ3v) is 8.78. The first kappa shape index (κ1) is 28.2. The number of ether oxygens (including phenoxy) is 2. The number of methoxy groups -OCH3 is 1. The van der Waals surface area contributed by atoms with E-state index < -0.39 is 17.8 Å². The van der Waals surface area contributed by atoms with E-state index in [2.05, 4.69) is 37.2 Å². The van der Waals surface area contributed by atoms with Crippen molar-refractivity contribution in [2.24, 2.45) is 0 Å². The van der Waals surface area contributed by atoms with E-state index in [-0.39, 0.29) is 12.2 Å². The Morgan fingerprint density at radius 1 is 0.947 bits per heavy atom. The van der Waals surface area contributed by atoms with Crippen molar-refractivity contribution in [2.75, 3.05) is 12.0 Å². The molecule has 38 heavy (non-hydrogen) atoms. The molecule has 0 saturated carbocycles. The molecular weight excluding hydrogens is 663 g/mol. The monoisotopic (exact) mass is 680 g/mol. The molecule has 1 N–H and O–H groups in total. The van der Waals surface area contributed by atoms with Crippen LogP contribution in [0.5, 0.6) is 11.5 Å². The van der Waals surface area contributed by atoms with Crippen LogP contribution in [0.15, 0.2) is 57.0 Å². The number of barbiturate groups is 1. The first-order chi connectivity index (χ1) is 18.0. The number of imide groups is 2. The molecule has 4 rings (SSSR count). The summed E-state index contributed by atoms with van der Waals surface area (Å²) < 4.78 is 12.5. The number of rotatable bonds is 6. The average Bonchev–Trinajstić information content (AvgIpc) is 2.87. The highest BCUT2D eigenvalue weighted by molar-refractivity contribution is 9.13.